The van der Waals surface area contributed by atoms with Crippen molar-refractivity contribution in [2.24, 2.45) is 0 Å². The maximum atomic E-state index is 12.9. The standard InChI is InChI=1S/C18H20N6O3S/c1-22(2)17-8-7-15(20-21-17)18(25)23-9-11-24(12-10-23)28(26,27)16-6-4-3-5-14(16)13-19/h3-8H,9-12H2,1-2H3. The van der Waals surface area contributed by atoms with Crippen LogP contribution in [0, 0.1) is 11.3 Å². The number of carbonyl (C=O) groups is 1. The second kappa shape index (κ2) is 7.92. The zero-order valence-corrected chi connectivity index (χ0v) is 16.4. The molecule has 1 aliphatic rings. The van der Waals surface area contributed by atoms with Gasteiger partial charge in [-0.2, -0.15) is 9.57 Å². The summed E-state index contributed by atoms with van der Waals surface area (Å²) in [5.41, 5.74) is 0.328. The number of piperazine rings is 1. The van der Waals surface area contributed by atoms with Crippen molar-refractivity contribution < 1.29 is 13.2 Å². The van der Waals surface area contributed by atoms with Crippen molar-refractivity contribution in [1.29, 1.82) is 5.26 Å². The number of anilines is 1. The molecule has 1 aliphatic heterocycles. The highest BCUT2D eigenvalue weighted by molar-refractivity contribution is 7.89. The van der Waals surface area contributed by atoms with Gasteiger partial charge < -0.3 is 9.80 Å². The Morgan fingerprint density at radius 3 is 2.32 bits per heavy atom. The summed E-state index contributed by atoms with van der Waals surface area (Å²) < 4.78 is 27.0. The first-order valence-corrected chi connectivity index (χ1v) is 10.1. The fourth-order valence-corrected chi connectivity index (χ4v) is 4.46. The van der Waals surface area contributed by atoms with Crippen molar-refractivity contribution in [1.82, 2.24) is 19.4 Å². The largest absolute Gasteiger partial charge is 0.361 e. The minimum atomic E-state index is -3.79. The molecule has 0 radical (unpaired) electrons. The first-order chi connectivity index (χ1) is 13.3. The molecule has 3 rings (SSSR count). The van der Waals surface area contributed by atoms with Crippen LogP contribution in [0.25, 0.3) is 0 Å². The lowest BCUT2D eigenvalue weighted by atomic mass is 10.2. The average molecular weight is 400 g/mol. The molecule has 1 saturated heterocycles. The van der Waals surface area contributed by atoms with Gasteiger partial charge in [-0.25, -0.2) is 8.42 Å². The van der Waals surface area contributed by atoms with Crippen LogP contribution in [0.15, 0.2) is 41.3 Å². The van der Waals surface area contributed by atoms with E-state index < -0.39 is 10.0 Å². The number of nitriles is 1. The van der Waals surface area contributed by atoms with Crippen LogP contribution in [-0.2, 0) is 10.0 Å². The van der Waals surface area contributed by atoms with E-state index >= 15 is 0 Å². The van der Waals surface area contributed by atoms with E-state index in [-0.39, 0.29) is 48.2 Å². The van der Waals surface area contributed by atoms with E-state index in [4.69, 9.17) is 0 Å². The predicted octanol–water partition coefficient (Wildman–Crippen LogP) is 0.561. The third-order valence-electron chi connectivity index (χ3n) is 4.48. The number of carbonyl (C=O) groups excluding carboxylic acids is 1. The van der Waals surface area contributed by atoms with Gasteiger partial charge in [0.15, 0.2) is 11.5 Å². The van der Waals surface area contributed by atoms with Gasteiger partial charge in [0, 0.05) is 40.3 Å². The highest BCUT2D eigenvalue weighted by Crippen LogP contribution is 2.21. The second-order valence-electron chi connectivity index (χ2n) is 6.48. The minimum absolute atomic E-state index is 0.0117. The summed E-state index contributed by atoms with van der Waals surface area (Å²) in [5, 5.41) is 17.1. The number of amides is 1. The molecule has 0 unspecified atom stereocenters. The molecule has 2 heterocycles. The van der Waals surface area contributed by atoms with Crippen LogP contribution in [0.1, 0.15) is 16.1 Å². The number of nitrogens with zero attached hydrogens (tertiary/aromatic N) is 6. The molecular weight excluding hydrogens is 380 g/mol. The Morgan fingerprint density at radius 1 is 1.07 bits per heavy atom. The van der Waals surface area contributed by atoms with E-state index in [1.165, 1.54) is 16.4 Å². The smallest absolute Gasteiger partial charge is 0.274 e. The van der Waals surface area contributed by atoms with Gasteiger partial charge in [-0.15, -0.1) is 10.2 Å². The number of sulfonamides is 1. The van der Waals surface area contributed by atoms with Gasteiger partial charge in [-0.3, -0.25) is 4.79 Å². The Bertz CT molecular complexity index is 1010. The van der Waals surface area contributed by atoms with E-state index in [9.17, 15) is 18.5 Å². The van der Waals surface area contributed by atoms with Crippen LogP contribution in [0.3, 0.4) is 0 Å². The molecule has 0 aliphatic carbocycles. The van der Waals surface area contributed by atoms with Crippen LogP contribution < -0.4 is 4.90 Å². The molecule has 0 N–H and O–H groups in total. The number of benzene rings is 1. The molecule has 1 amide bonds. The Morgan fingerprint density at radius 2 is 1.75 bits per heavy atom. The minimum Gasteiger partial charge on any atom is -0.361 e. The fraction of sp³-hybridized carbons (Fsp3) is 0.333. The number of rotatable bonds is 4. The van der Waals surface area contributed by atoms with Crippen LogP contribution in [0.4, 0.5) is 5.82 Å². The average Bonchev–Trinajstić information content (AvgIpc) is 2.73. The maximum absolute atomic E-state index is 12.9. The quantitative estimate of drug-likeness (QED) is 0.737. The predicted molar refractivity (Wildman–Crippen MR) is 102 cm³/mol. The van der Waals surface area contributed by atoms with Crippen molar-refractivity contribution in [2.75, 3.05) is 45.2 Å². The second-order valence-corrected chi connectivity index (χ2v) is 8.38. The number of hydrogen-bond acceptors (Lipinski definition) is 7. The molecule has 0 spiro atoms. The van der Waals surface area contributed by atoms with Crippen molar-refractivity contribution in [3.05, 3.63) is 47.7 Å². The van der Waals surface area contributed by atoms with Gasteiger partial charge in [0.05, 0.1) is 10.5 Å². The Balaban J connectivity index is 1.70. The normalized spacial score (nSPS) is 15.1. The molecule has 1 aromatic carbocycles. The SMILES string of the molecule is CN(C)c1ccc(C(=O)N2CCN(S(=O)(=O)c3ccccc3C#N)CC2)nn1. The molecule has 0 atom stereocenters. The Hall–Kier alpha value is -3.03. The number of aromatic nitrogens is 2. The molecular formula is C18H20N6O3S. The van der Waals surface area contributed by atoms with Crippen molar-refractivity contribution in [2.45, 2.75) is 4.90 Å². The molecule has 0 saturated carbocycles. The van der Waals surface area contributed by atoms with Gasteiger partial charge in [0.2, 0.25) is 10.0 Å². The zero-order valence-electron chi connectivity index (χ0n) is 15.6. The van der Waals surface area contributed by atoms with E-state index in [0.717, 1.165) is 0 Å². The number of hydrogen-bond donors (Lipinski definition) is 0. The van der Waals surface area contributed by atoms with Gasteiger partial charge in [0.25, 0.3) is 5.91 Å². The molecule has 1 aromatic heterocycles. The van der Waals surface area contributed by atoms with Crippen molar-refractivity contribution >= 4 is 21.7 Å². The molecule has 9 nitrogen and oxygen atoms in total. The lowest BCUT2D eigenvalue weighted by Gasteiger charge is -2.33. The van der Waals surface area contributed by atoms with Gasteiger partial charge in [0.1, 0.15) is 6.07 Å². The lowest BCUT2D eigenvalue weighted by Crippen LogP contribution is -2.50. The van der Waals surface area contributed by atoms with Crippen molar-refractivity contribution in [3.63, 3.8) is 0 Å². The van der Waals surface area contributed by atoms with Gasteiger partial charge >= 0.3 is 0 Å². The molecule has 2 aromatic rings. The first kappa shape index (κ1) is 19.7. The van der Waals surface area contributed by atoms with Crippen molar-refractivity contribution in [3.8, 4) is 6.07 Å². The van der Waals surface area contributed by atoms with Crippen LogP contribution in [0.5, 0.6) is 0 Å². The topological polar surface area (TPSA) is 110 Å². The highest BCUT2D eigenvalue weighted by atomic mass is 32.2. The van der Waals surface area contributed by atoms with Gasteiger partial charge in [-0.05, 0) is 24.3 Å². The van der Waals surface area contributed by atoms with E-state index in [0.29, 0.717) is 5.82 Å². The third-order valence-corrected chi connectivity index (χ3v) is 6.44. The molecule has 10 heteroatoms. The zero-order chi connectivity index (χ0) is 20.3. The van der Waals surface area contributed by atoms with Crippen LogP contribution in [0.2, 0.25) is 0 Å². The summed E-state index contributed by atoms with van der Waals surface area (Å²) in [6, 6.07) is 11.3. The van der Waals surface area contributed by atoms with Crippen LogP contribution in [-0.4, -0.2) is 74.0 Å². The molecule has 28 heavy (non-hydrogen) atoms. The Kier molecular flexibility index (Phi) is 5.58. The maximum Gasteiger partial charge on any atom is 0.274 e. The summed E-state index contributed by atoms with van der Waals surface area (Å²) in [6.45, 7) is 0.780. The fourth-order valence-electron chi connectivity index (χ4n) is 2.89. The molecule has 1 fully saturated rings. The highest BCUT2D eigenvalue weighted by Gasteiger charge is 2.32. The van der Waals surface area contributed by atoms with E-state index in [2.05, 4.69) is 10.2 Å². The molecule has 146 valence electrons. The summed E-state index contributed by atoms with van der Waals surface area (Å²) in [5.74, 6) is 0.357. The van der Waals surface area contributed by atoms with Crippen LogP contribution >= 0.6 is 0 Å². The summed E-state index contributed by atoms with van der Waals surface area (Å²) in [7, 11) is -0.136. The van der Waals surface area contributed by atoms with E-state index in [1.54, 1.807) is 34.1 Å². The Labute approximate surface area is 163 Å². The summed E-state index contributed by atoms with van der Waals surface area (Å²) >= 11 is 0. The monoisotopic (exact) mass is 400 g/mol. The molecule has 0 bridgehead atoms. The first-order valence-electron chi connectivity index (χ1n) is 8.64. The van der Waals surface area contributed by atoms with Gasteiger partial charge in [-0.1, -0.05) is 12.1 Å². The third kappa shape index (κ3) is 3.81. The van der Waals surface area contributed by atoms with E-state index in [1.807, 2.05) is 20.2 Å². The lowest BCUT2D eigenvalue weighted by molar-refractivity contribution is 0.0691. The summed E-state index contributed by atoms with van der Waals surface area (Å²) in [6.07, 6.45) is 0. The summed E-state index contributed by atoms with van der Waals surface area (Å²) in [4.78, 5) is 15.9.